The summed E-state index contributed by atoms with van der Waals surface area (Å²) in [5.41, 5.74) is 0.727. The number of alkyl halides is 1. The van der Waals surface area contributed by atoms with Crippen molar-refractivity contribution in [3.8, 4) is 0 Å². The Balaban J connectivity index is 2.71. The van der Waals surface area contributed by atoms with Crippen molar-refractivity contribution in [3.05, 3.63) is 40.4 Å². The molecule has 0 aliphatic carbocycles. The lowest BCUT2D eigenvalue weighted by Gasteiger charge is -2.23. The van der Waals surface area contributed by atoms with Crippen LogP contribution in [0.4, 0.5) is 0 Å². The van der Waals surface area contributed by atoms with E-state index in [1.54, 1.807) is 4.57 Å². The zero-order chi connectivity index (χ0) is 14.0. The van der Waals surface area contributed by atoms with Gasteiger partial charge in [0.15, 0.2) is 0 Å². The molecular weight excluding hydrogens is 260 g/mol. The number of halogens is 1. The van der Waals surface area contributed by atoms with Gasteiger partial charge in [0.1, 0.15) is 5.82 Å². The summed E-state index contributed by atoms with van der Waals surface area (Å²) in [5, 5.41) is 0.659. The SMILES string of the molecule is CCC(C)C(C)n1c(CCl)nc2ccccc2c1=O. The van der Waals surface area contributed by atoms with Gasteiger partial charge in [0.05, 0.1) is 16.8 Å². The Kier molecular flexibility index (Phi) is 4.25. The Morgan fingerprint density at radius 3 is 2.63 bits per heavy atom. The van der Waals surface area contributed by atoms with Gasteiger partial charge in [-0.2, -0.15) is 0 Å². The number of para-hydroxylation sites is 1. The second-order valence-electron chi connectivity index (χ2n) is 4.98. The smallest absolute Gasteiger partial charge is 0.261 e. The van der Waals surface area contributed by atoms with Crippen molar-refractivity contribution in [1.29, 1.82) is 0 Å². The van der Waals surface area contributed by atoms with E-state index in [1.807, 2.05) is 24.3 Å². The second kappa shape index (κ2) is 5.74. The number of hydrogen-bond donors (Lipinski definition) is 0. The van der Waals surface area contributed by atoms with Crippen molar-refractivity contribution in [2.75, 3.05) is 0 Å². The van der Waals surface area contributed by atoms with Crippen LogP contribution in [0.3, 0.4) is 0 Å². The molecule has 0 aliphatic rings. The first-order valence-electron chi connectivity index (χ1n) is 6.66. The predicted octanol–water partition coefficient (Wildman–Crippen LogP) is 3.74. The highest BCUT2D eigenvalue weighted by molar-refractivity contribution is 6.16. The van der Waals surface area contributed by atoms with Crippen LogP contribution in [-0.4, -0.2) is 9.55 Å². The minimum atomic E-state index is 0.00838. The van der Waals surface area contributed by atoms with Crippen molar-refractivity contribution in [2.24, 2.45) is 5.92 Å². The summed E-state index contributed by atoms with van der Waals surface area (Å²) in [7, 11) is 0. The summed E-state index contributed by atoms with van der Waals surface area (Å²) in [4.78, 5) is 17.2. The minimum absolute atomic E-state index is 0.00838. The van der Waals surface area contributed by atoms with Crippen LogP contribution in [0.25, 0.3) is 10.9 Å². The maximum Gasteiger partial charge on any atom is 0.261 e. The van der Waals surface area contributed by atoms with E-state index >= 15 is 0 Å². The van der Waals surface area contributed by atoms with E-state index < -0.39 is 0 Å². The monoisotopic (exact) mass is 278 g/mol. The van der Waals surface area contributed by atoms with Gasteiger partial charge in [0.2, 0.25) is 0 Å². The Morgan fingerprint density at radius 2 is 2.00 bits per heavy atom. The molecule has 2 unspecified atom stereocenters. The first kappa shape index (κ1) is 14.1. The van der Waals surface area contributed by atoms with Crippen molar-refractivity contribution >= 4 is 22.5 Å². The van der Waals surface area contributed by atoms with E-state index in [0.717, 1.165) is 11.9 Å². The molecule has 0 bridgehead atoms. The van der Waals surface area contributed by atoms with Crippen LogP contribution in [0, 0.1) is 5.92 Å². The number of fused-ring (bicyclic) bond motifs is 1. The van der Waals surface area contributed by atoms with Gasteiger partial charge in [-0.3, -0.25) is 9.36 Å². The molecule has 2 aromatic rings. The van der Waals surface area contributed by atoms with Gasteiger partial charge in [-0.05, 0) is 25.0 Å². The minimum Gasteiger partial charge on any atom is -0.292 e. The first-order valence-corrected chi connectivity index (χ1v) is 7.19. The summed E-state index contributed by atoms with van der Waals surface area (Å²) in [6, 6.07) is 7.52. The third-order valence-corrected chi connectivity index (χ3v) is 4.11. The Labute approximate surface area is 118 Å². The zero-order valence-corrected chi connectivity index (χ0v) is 12.3. The molecule has 0 amide bonds. The van der Waals surface area contributed by atoms with Crippen LogP contribution in [0.2, 0.25) is 0 Å². The summed E-state index contributed by atoms with van der Waals surface area (Å²) in [5.74, 6) is 1.31. The van der Waals surface area contributed by atoms with E-state index in [0.29, 0.717) is 17.1 Å². The number of hydrogen-bond acceptors (Lipinski definition) is 2. The molecule has 1 heterocycles. The largest absolute Gasteiger partial charge is 0.292 e. The van der Waals surface area contributed by atoms with Crippen LogP contribution >= 0.6 is 11.6 Å². The molecule has 3 nitrogen and oxygen atoms in total. The van der Waals surface area contributed by atoms with Gasteiger partial charge in [0.25, 0.3) is 5.56 Å². The van der Waals surface area contributed by atoms with Gasteiger partial charge < -0.3 is 0 Å². The maximum absolute atomic E-state index is 12.6. The normalized spacial score (nSPS) is 14.5. The standard InChI is InChI=1S/C15H19ClN2O/c1-4-10(2)11(3)18-14(9-16)17-13-8-6-5-7-12(13)15(18)19/h5-8,10-11H,4,9H2,1-3H3. The van der Waals surface area contributed by atoms with Gasteiger partial charge >= 0.3 is 0 Å². The molecule has 0 saturated heterocycles. The quantitative estimate of drug-likeness (QED) is 0.799. The van der Waals surface area contributed by atoms with Crippen LogP contribution in [0.1, 0.15) is 39.1 Å². The highest BCUT2D eigenvalue weighted by atomic mass is 35.5. The van der Waals surface area contributed by atoms with Crippen LogP contribution in [0.5, 0.6) is 0 Å². The topological polar surface area (TPSA) is 34.9 Å². The fourth-order valence-corrected chi connectivity index (χ4v) is 2.49. The van der Waals surface area contributed by atoms with E-state index in [4.69, 9.17) is 11.6 Å². The van der Waals surface area contributed by atoms with E-state index in [-0.39, 0.29) is 17.5 Å². The number of rotatable bonds is 4. The molecule has 2 rings (SSSR count). The average Bonchev–Trinajstić information content (AvgIpc) is 2.45. The first-order chi connectivity index (χ1) is 9.10. The number of aromatic nitrogens is 2. The predicted molar refractivity (Wildman–Crippen MR) is 79.7 cm³/mol. The van der Waals surface area contributed by atoms with Crippen LogP contribution in [0.15, 0.2) is 29.1 Å². The summed E-state index contributed by atoms with van der Waals surface area (Å²) in [6.07, 6.45) is 1.02. The van der Waals surface area contributed by atoms with Crippen molar-refractivity contribution in [3.63, 3.8) is 0 Å². The molecule has 2 atom stereocenters. The molecule has 0 aliphatic heterocycles. The second-order valence-corrected chi connectivity index (χ2v) is 5.25. The van der Waals surface area contributed by atoms with E-state index in [1.165, 1.54) is 0 Å². The fraction of sp³-hybridized carbons (Fsp3) is 0.467. The van der Waals surface area contributed by atoms with Gasteiger partial charge in [-0.1, -0.05) is 32.4 Å². The molecule has 102 valence electrons. The maximum atomic E-state index is 12.6. The van der Waals surface area contributed by atoms with Crippen molar-refractivity contribution in [2.45, 2.75) is 39.1 Å². The van der Waals surface area contributed by atoms with E-state index in [2.05, 4.69) is 25.8 Å². The number of nitrogens with zero attached hydrogens (tertiary/aromatic N) is 2. The molecule has 0 N–H and O–H groups in total. The third-order valence-electron chi connectivity index (χ3n) is 3.88. The molecule has 1 aromatic carbocycles. The molecule has 19 heavy (non-hydrogen) atoms. The Bertz CT molecular complexity index is 636. The lowest BCUT2D eigenvalue weighted by Crippen LogP contribution is -2.30. The van der Waals surface area contributed by atoms with Gasteiger partial charge in [-0.15, -0.1) is 11.6 Å². The molecule has 4 heteroatoms. The molecule has 0 radical (unpaired) electrons. The van der Waals surface area contributed by atoms with Crippen LogP contribution in [-0.2, 0) is 5.88 Å². The lowest BCUT2D eigenvalue weighted by atomic mass is 10.0. The zero-order valence-electron chi connectivity index (χ0n) is 11.6. The van der Waals surface area contributed by atoms with Gasteiger partial charge in [-0.25, -0.2) is 4.98 Å². The Hall–Kier alpha value is -1.35. The molecule has 0 fully saturated rings. The molecule has 0 spiro atoms. The van der Waals surface area contributed by atoms with E-state index in [9.17, 15) is 4.79 Å². The van der Waals surface area contributed by atoms with Crippen molar-refractivity contribution in [1.82, 2.24) is 9.55 Å². The van der Waals surface area contributed by atoms with Gasteiger partial charge in [0, 0.05) is 6.04 Å². The highest BCUT2D eigenvalue weighted by Gasteiger charge is 2.19. The molecule has 1 aromatic heterocycles. The summed E-state index contributed by atoms with van der Waals surface area (Å²) in [6.45, 7) is 6.33. The molecular formula is C15H19ClN2O. The average molecular weight is 279 g/mol. The fourth-order valence-electron chi connectivity index (χ4n) is 2.30. The summed E-state index contributed by atoms with van der Waals surface area (Å²) < 4.78 is 1.75. The highest BCUT2D eigenvalue weighted by Crippen LogP contribution is 2.21. The molecule has 0 saturated carbocycles. The van der Waals surface area contributed by atoms with Crippen LogP contribution < -0.4 is 5.56 Å². The lowest BCUT2D eigenvalue weighted by molar-refractivity contribution is 0.354. The number of benzene rings is 1. The van der Waals surface area contributed by atoms with Crippen molar-refractivity contribution < 1.29 is 0 Å². The summed E-state index contributed by atoms with van der Waals surface area (Å²) >= 11 is 5.97. The third kappa shape index (κ3) is 2.52. The Morgan fingerprint density at radius 1 is 1.32 bits per heavy atom.